The van der Waals surface area contributed by atoms with Crippen molar-refractivity contribution in [2.45, 2.75) is 46.0 Å². The Morgan fingerprint density at radius 3 is 2.29 bits per heavy atom. The maximum atomic E-state index is 11.9. The fraction of sp³-hybridized carbons (Fsp3) is 0.769. The van der Waals surface area contributed by atoms with Crippen LogP contribution in [0.25, 0.3) is 0 Å². The summed E-state index contributed by atoms with van der Waals surface area (Å²) in [4.78, 5) is 34.8. The van der Waals surface area contributed by atoms with Crippen LogP contribution < -0.4 is 0 Å². The van der Waals surface area contributed by atoms with Gasteiger partial charge in [0.2, 0.25) is 0 Å². The Morgan fingerprint density at radius 1 is 1.24 bits per heavy atom. The molecule has 0 amide bonds. The van der Waals surface area contributed by atoms with Crippen LogP contribution in [0.1, 0.15) is 46.0 Å². The third-order valence-electron chi connectivity index (χ3n) is 3.28. The van der Waals surface area contributed by atoms with Crippen molar-refractivity contribution in [2.24, 2.45) is 11.8 Å². The molecule has 4 heteroatoms. The molecule has 0 aliphatic heterocycles. The molecule has 0 heterocycles. The maximum absolute atomic E-state index is 11.9. The SMILES string of the molecule is CCOC(=O)[C@@H](CC(=O)C1CCCC1)C(C)=O. The summed E-state index contributed by atoms with van der Waals surface area (Å²) in [6.07, 6.45) is 3.94. The highest BCUT2D eigenvalue weighted by molar-refractivity contribution is 6.01. The molecule has 1 rings (SSSR count). The maximum Gasteiger partial charge on any atom is 0.316 e. The Hall–Kier alpha value is -1.19. The Kier molecular flexibility index (Phi) is 5.32. The molecule has 1 aliphatic carbocycles. The summed E-state index contributed by atoms with van der Waals surface area (Å²) in [5.41, 5.74) is 0. The number of ketones is 2. The topological polar surface area (TPSA) is 60.4 Å². The van der Waals surface area contributed by atoms with Crippen molar-refractivity contribution in [3.63, 3.8) is 0 Å². The van der Waals surface area contributed by atoms with E-state index in [1.165, 1.54) is 6.92 Å². The fourth-order valence-corrected chi connectivity index (χ4v) is 2.25. The van der Waals surface area contributed by atoms with Gasteiger partial charge in [-0.05, 0) is 26.7 Å². The predicted octanol–water partition coefficient (Wildman–Crippen LogP) is 1.90. The first-order chi connectivity index (χ1) is 8.06. The van der Waals surface area contributed by atoms with Gasteiger partial charge in [0.15, 0.2) is 0 Å². The van der Waals surface area contributed by atoms with Gasteiger partial charge >= 0.3 is 5.97 Å². The average Bonchev–Trinajstić information content (AvgIpc) is 2.78. The molecular weight excluding hydrogens is 220 g/mol. The monoisotopic (exact) mass is 240 g/mol. The zero-order valence-electron chi connectivity index (χ0n) is 10.5. The van der Waals surface area contributed by atoms with Gasteiger partial charge in [0.1, 0.15) is 17.5 Å². The van der Waals surface area contributed by atoms with Crippen molar-refractivity contribution in [2.75, 3.05) is 6.61 Å². The molecule has 0 aromatic heterocycles. The van der Waals surface area contributed by atoms with Crippen LogP contribution in [0.2, 0.25) is 0 Å². The van der Waals surface area contributed by atoms with Crippen molar-refractivity contribution >= 4 is 17.5 Å². The fourth-order valence-electron chi connectivity index (χ4n) is 2.25. The molecule has 0 saturated heterocycles. The average molecular weight is 240 g/mol. The van der Waals surface area contributed by atoms with Crippen molar-refractivity contribution < 1.29 is 19.1 Å². The summed E-state index contributed by atoms with van der Waals surface area (Å²) in [6.45, 7) is 3.26. The lowest BCUT2D eigenvalue weighted by atomic mass is 9.91. The first-order valence-electron chi connectivity index (χ1n) is 6.26. The van der Waals surface area contributed by atoms with Crippen LogP contribution in [0.4, 0.5) is 0 Å². The van der Waals surface area contributed by atoms with Crippen molar-refractivity contribution in [3.05, 3.63) is 0 Å². The van der Waals surface area contributed by atoms with Crippen LogP contribution in [0.3, 0.4) is 0 Å². The molecule has 0 radical (unpaired) electrons. The van der Waals surface area contributed by atoms with Gasteiger partial charge in [0.25, 0.3) is 0 Å². The molecule has 1 saturated carbocycles. The van der Waals surface area contributed by atoms with Gasteiger partial charge in [-0.25, -0.2) is 0 Å². The lowest BCUT2D eigenvalue weighted by Gasteiger charge is -2.14. The van der Waals surface area contributed by atoms with Gasteiger partial charge < -0.3 is 4.74 Å². The second-order valence-corrected chi connectivity index (χ2v) is 4.57. The Bertz CT molecular complexity index is 303. The normalized spacial score (nSPS) is 17.8. The number of esters is 1. The zero-order valence-corrected chi connectivity index (χ0v) is 10.5. The van der Waals surface area contributed by atoms with E-state index in [9.17, 15) is 14.4 Å². The first kappa shape index (κ1) is 13.9. The van der Waals surface area contributed by atoms with E-state index in [0.29, 0.717) is 0 Å². The quantitative estimate of drug-likeness (QED) is 0.525. The predicted molar refractivity (Wildman–Crippen MR) is 62.4 cm³/mol. The summed E-state index contributed by atoms with van der Waals surface area (Å²) in [6, 6.07) is 0. The number of carbonyl (C=O) groups excluding carboxylic acids is 3. The number of hydrogen-bond acceptors (Lipinski definition) is 4. The molecule has 1 aliphatic rings. The second kappa shape index (κ2) is 6.52. The molecule has 4 nitrogen and oxygen atoms in total. The van der Waals surface area contributed by atoms with Crippen LogP contribution in [-0.2, 0) is 19.1 Å². The summed E-state index contributed by atoms with van der Waals surface area (Å²) >= 11 is 0. The summed E-state index contributed by atoms with van der Waals surface area (Å²) in [5, 5.41) is 0. The number of rotatable bonds is 6. The first-order valence-corrected chi connectivity index (χ1v) is 6.26. The van der Waals surface area contributed by atoms with Crippen LogP contribution >= 0.6 is 0 Å². The minimum absolute atomic E-state index is 0.0127. The molecule has 0 bridgehead atoms. The molecule has 0 unspecified atom stereocenters. The molecule has 1 atom stereocenters. The van der Waals surface area contributed by atoms with Crippen LogP contribution in [0.15, 0.2) is 0 Å². The molecule has 0 N–H and O–H groups in total. The largest absolute Gasteiger partial charge is 0.465 e. The highest BCUT2D eigenvalue weighted by atomic mass is 16.5. The second-order valence-electron chi connectivity index (χ2n) is 4.57. The summed E-state index contributed by atoms with van der Waals surface area (Å²) < 4.78 is 4.82. The number of Topliss-reactive ketones (excluding diaryl/α,β-unsaturated/α-hetero) is 2. The van der Waals surface area contributed by atoms with E-state index in [4.69, 9.17) is 4.74 Å². The summed E-state index contributed by atoms with van der Waals surface area (Å²) in [7, 11) is 0. The van der Waals surface area contributed by atoms with E-state index in [0.717, 1.165) is 25.7 Å². The minimum atomic E-state index is -0.900. The summed E-state index contributed by atoms with van der Waals surface area (Å²) in [5.74, 6) is -1.66. The Labute approximate surface area is 102 Å². The van der Waals surface area contributed by atoms with Crippen LogP contribution in [0, 0.1) is 11.8 Å². The van der Waals surface area contributed by atoms with Gasteiger partial charge in [-0.3, -0.25) is 14.4 Å². The molecule has 96 valence electrons. The van der Waals surface area contributed by atoms with Crippen molar-refractivity contribution in [1.29, 1.82) is 0 Å². The molecule has 0 aromatic carbocycles. The zero-order chi connectivity index (χ0) is 12.8. The van der Waals surface area contributed by atoms with Gasteiger partial charge in [-0.2, -0.15) is 0 Å². The van der Waals surface area contributed by atoms with Crippen LogP contribution in [-0.4, -0.2) is 24.1 Å². The Morgan fingerprint density at radius 2 is 1.82 bits per heavy atom. The molecule has 0 aromatic rings. The van der Waals surface area contributed by atoms with E-state index in [-0.39, 0.29) is 30.5 Å². The molecule has 17 heavy (non-hydrogen) atoms. The third-order valence-corrected chi connectivity index (χ3v) is 3.28. The van der Waals surface area contributed by atoms with Gasteiger partial charge in [-0.1, -0.05) is 12.8 Å². The van der Waals surface area contributed by atoms with E-state index >= 15 is 0 Å². The van der Waals surface area contributed by atoms with Crippen LogP contribution in [0.5, 0.6) is 0 Å². The van der Waals surface area contributed by atoms with E-state index in [1.54, 1.807) is 6.92 Å². The highest BCUT2D eigenvalue weighted by Crippen LogP contribution is 2.27. The van der Waals surface area contributed by atoms with Crippen molar-refractivity contribution in [3.8, 4) is 0 Å². The van der Waals surface area contributed by atoms with Gasteiger partial charge in [0, 0.05) is 12.3 Å². The number of hydrogen-bond donors (Lipinski definition) is 0. The lowest BCUT2D eigenvalue weighted by Crippen LogP contribution is -2.28. The van der Waals surface area contributed by atoms with E-state index < -0.39 is 11.9 Å². The Balaban J connectivity index is 2.56. The minimum Gasteiger partial charge on any atom is -0.465 e. The van der Waals surface area contributed by atoms with Crippen molar-refractivity contribution in [1.82, 2.24) is 0 Å². The standard InChI is InChI=1S/C13H20O4/c1-3-17-13(16)11(9(2)14)8-12(15)10-6-4-5-7-10/h10-11H,3-8H2,1-2H3/t11-/m0/s1. The molecule has 0 spiro atoms. The van der Waals surface area contributed by atoms with Gasteiger partial charge in [0.05, 0.1) is 6.61 Å². The smallest absolute Gasteiger partial charge is 0.316 e. The highest BCUT2D eigenvalue weighted by Gasteiger charge is 2.31. The van der Waals surface area contributed by atoms with E-state index in [1.807, 2.05) is 0 Å². The number of ether oxygens (including phenoxy) is 1. The number of carbonyl (C=O) groups is 3. The molecule has 1 fully saturated rings. The lowest BCUT2D eigenvalue weighted by molar-refractivity contribution is -0.153. The van der Waals surface area contributed by atoms with Gasteiger partial charge in [-0.15, -0.1) is 0 Å². The van der Waals surface area contributed by atoms with E-state index in [2.05, 4.69) is 0 Å². The third kappa shape index (κ3) is 3.95. The molecular formula is C13H20O4.